The number of hydrogen-bond acceptors (Lipinski definition) is 11. The van der Waals surface area contributed by atoms with E-state index in [1.54, 1.807) is 32.0 Å². The summed E-state index contributed by atoms with van der Waals surface area (Å²) in [5, 5.41) is 13.2. The van der Waals surface area contributed by atoms with Gasteiger partial charge in [0.2, 0.25) is 11.1 Å². The molecule has 3 aromatic rings. The Bertz CT molecular complexity index is 1350. The SMILES string of the molecule is CC(C)OC(=O)C(C)NP(=O)(OCC1OCC(F)(n2cnc3c(N)nc(Cl)nc32)C1O)Oc1ccccc1. The molecule has 1 saturated heterocycles. The van der Waals surface area contributed by atoms with Crippen LogP contribution in [-0.4, -0.2) is 68.2 Å². The van der Waals surface area contributed by atoms with Crippen molar-refractivity contribution in [1.29, 1.82) is 0 Å². The Balaban J connectivity index is 1.52. The Morgan fingerprint density at radius 2 is 2.08 bits per heavy atom. The number of benzene rings is 1. The number of nitrogens with one attached hydrogen (secondary N) is 1. The Morgan fingerprint density at radius 3 is 2.76 bits per heavy atom. The third-order valence-electron chi connectivity index (χ3n) is 5.54. The summed E-state index contributed by atoms with van der Waals surface area (Å²) in [5.41, 5.74) is 5.83. The number of aliphatic hydroxyl groups is 1. The van der Waals surface area contributed by atoms with E-state index in [1.807, 2.05) is 0 Å². The fraction of sp³-hybridized carbons (Fsp3) is 0.455. The minimum Gasteiger partial charge on any atom is -0.462 e. The molecule has 5 unspecified atom stereocenters. The van der Waals surface area contributed by atoms with Crippen LogP contribution in [0.5, 0.6) is 5.75 Å². The van der Waals surface area contributed by atoms with E-state index >= 15 is 4.39 Å². The van der Waals surface area contributed by atoms with E-state index in [1.165, 1.54) is 19.1 Å². The molecule has 1 aliphatic rings. The molecule has 0 radical (unpaired) electrons. The summed E-state index contributed by atoms with van der Waals surface area (Å²) in [6, 6.07) is 7.00. The van der Waals surface area contributed by atoms with E-state index in [-0.39, 0.29) is 28.0 Å². The van der Waals surface area contributed by atoms with E-state index < -0.39 is 57.1 Å². The standard InChI is InChI=1S/C22H27ClFN6O7P/c1-12(2)36-20(32)13(3)29-38(33,37-14-7-5-4-6-8-14)35-9-15-17(31)22(24,10-34-15)30-11-26-16-18(25)27-21(23)28-19(16)30/h4-8,11-13,15,17,31H,9-10H2,1-3H3,(H,29,33)(H2,25,27,28). The Hall–Kier alpha value is -2.87. The molecule has 13 nitrogen and oxygen atoms in total. The average Bonchev–Trinajstić information content (AvgIpc) is 3.40. The van der Waals surface area contributed by atoms with Crippen LogP contribution in [0.25, 0.3) is 11.2 Å². The van der Waals surface area contributed by atoms with Crippen LogP contribution in [0.4, 0.5) is 10.2 Å². The highest BCUT2D eigenvalue weighted by molar-refractivity contribution is 7.52. The predicted molar refractivity (Wildman–Crippen MR) is 134 cm³/mol. The van der Waals surface area contributed by atoms with E-state index in [0.717, 1.165) is 10.9 Å². The molecule has 38 heavy (non-hydrogen) atoms. The molecule has 0 saturated carbocycles. The van der Waals surface area contributed by atoms with Gasteiger partial charge >= 0.3 is 13.7 Å². The number of nitrogen functional groups attached to an aromatic ring is 1. The van der Waals surface area contributed by atoms with Crippen molar-refractivity contribution in [2.24, 2.45) is 0 Å². The molecular formula is C22H27ClFN6O7P. The lowest BCUT2D eigenvalue weighted by atomic mass is 10.1. The molecule has 5 atom stereocenters. The van der Waals surface area contributed by atoms with Gasteiger partial charge in [-0.3, -0.25) is 13.9 Å². The van der Waals surface area contributed by atoms with Crippen molar-refractivity contribution in [1.82, 2.24) is 24.6 Å². The molecule has 0 amide bonds. The lowest BCUT2D eigenvalue weighted by Crippen LogP contribution is -2.44. The molecule has 0 aliphatic carbocycles. The molecular weight excluding hydrogens is 546 g/mol. The second-order valence-electron chi connectivity index (χ2n) is 8.81. The first-order chi connectivity index (χ1) is 17.9. The van der Waals surface area contributed by atoms with E-state index in [2.05, 4.69) is 20.0 Å². The van der Waals surface area contributed by atoms with Crippen LogP contribution < -0.4 is 15.3 Å². The number of hydrogen-bond donors (Lipinski definition) is 3. The molecule has 1 fully saturated rings. The van der Waals surface area contributed by atoms with E-state index in [0.29, 0.717) is 0 Å². The summed E-state index contributed by atoms with van der Waals surface area (Å²) in [4.78, 5) is 24.0. The number of alkyl halides is 1. The highest BCUT2D eigenvalue weighted by Gasteiger charge is 2.53. The van der Waals surface area contributed by atoms with Gasteiger partial charge in [0.05, 0.1) is 19.0 Å². The number of aliphatic hydroxyl groups excluding tert-OH is 1. The first-order valence-electron chi connectivity index (χ1n) is 11.5. The zero-order chi connectivity index (χ0) is 27.7. The predicted octanol–water partition coefficient (Wildman–Crippen LogP) is 2.58. The molecule has 206 valence electrons. The summed E-state index contributed by atoms with van der Waals surface area (Å²) in [6.45, 7) is 3.57. The minimum absolute atomic E-state index is 0.0496. The summed E-state index contributed by atoms with van der Waals surface area (Å²) in [6.07, 6.45) is -2.42. The van der Waals surface area contributed by atoms with Crippen molar-refractivity contribution in [3.8, 4) is 5.75 Å². The van der Waals surface area contributed by atoms with Gasteiger partial charge in [0, 0.05) is 0 Å². The maximum absolute atomic E-state index is 16.1. The Morgan fingerprint density at radius 1 is 1.37 bits per heavy atom. The molecule has 2 aromatic heterocycles. The molecule has 0 spiro atoms. The number of ether oxygens (including phenoxy) is 2. The Kier molecular flexibility index (Phi) is 8.21. The fourth-order valence-electron chi connectivity index (χ4n) is 3.71. The van der Waals surface area contributed by atoms with Gasteiger partial charge in [0.25, 0.3) is 0 Å². The molecule has 4 N–H and O–H groups in total. The first kappa shape index (κ1) is 28.1. The number of fused-ring (bicyclic) bond motifs is 1. The smallest absolute Gasteiger partial charge is 0.459 e. The number of aromatic nitrogens is 4. The molecule has 1 aromatic carbocycles. The van der Waals surface area contributed by atoms with Crippen molar-refractivity contribution >= 4 is 42.3 Å². The van der Waals surface area contributed by atoms with E-state index in [9.17, 15) is 14.5 Å². The highest BCUT2D eigenvalue weighted by Crippen LogP contribution is 2.46. The number of nitrogens with zero attached hydrogens (tertiary/aromatic N) is 4. The third kappa shape index (κ3) is 5.90. The summed E-state index contributed by atoms with van der Waals surface area (Å²) >= 11 is 5.86. The number of para-hydroxylation sites is 1. The number of carbonyl (C=O) groups excluding carboxylic acids is 1. The number of anilines is 1. The third-order valence-corrected chi connectivity index (χ3v) is 7.35. The lowest BCUT2D eigenvalue weighted by molar-refractivity contribution is -0.149. The molecule has 1 aliphatic heterocycles. The number of imidazole rings is 1. The quantitative estimate of drug-likeness (QED) is 0.184. The normalized spacial score (nSPS) is 23.9. The second-order valence-corrected chi connectivity index (χ2v) is 10.8. The molecule has 3 heterocycles. The number of carbonyl (C=O) groups is 1. The van der Waals surface area contributed by atoms with Crippen LogP contribution in [0, 0.1) is 0 Å². The number of esters is 1. The van der Waals surface area contributed by atoms with Gasteiger partial charge in [-0.25, -0.2) is 13.9 Å². The number of halogens is 2. The summed E-state index contributed by atoms with van der Waals surface area (Å²) in [5.74, 6) is -3.11. The lowest BCUT2D eigenvalue weighted by Gasteiger charge is -2.27. The molecule has 0 bridgehead atoms. The maximum Gasteiger partial charge on any atom is 0.459 e. The second kappa shape index (κ2) is 11.1. The zero-order valence-corrected chi connectivity index (χ0v) is 22.3. The highest BCUT2D eigenvalue weighted by atomic mass is 35.5. The van der Waals surface area contributed by atoms with Crippen LogP contribution in [0.2, 0.25) is 5.28 Å². The number of rotatable bonds is 10. The topological polar surface area (TPSA) is 173 Å². The van der Waals surface area contributed by atoms with Gasteiger partial charge in [-0.1, -0.05) is 18.2 Å². The first-order valence-corrected chi connectivity index (χ1v) is 13.5. The number of nitrogens with two attached hydrogens (primary N) is 1. The van der Waals surface area contributed by atoms with Gasteiger partial charge < -0.3 is 24.8 Å². The van der Waals surface area contributed by atoms with Crippen LogP contribution >= 0.6 is 19.3 Å². The van der Waals surface area contributed by atoms with Crippen molar-refractivity contribution in [3.63, 3.8) is 0 Å². The monoisotopic (exact) mass is 572 g/mol. The Labute approximate surface area is 222 Å². The van der Waals surface area contributed by atoms with Gasteiger partial charge in [-0.2, -0.15) is 15.1 Å². The largest absolute Gasteiger partial charge is 0.462 e. The molecule has 4 rings (SSSR count). The van der Waals surface area contributed by atoms with Crippen molar-refractivity contribution in [2.45, 2.75) is 50.9 Å². The molecule has 16 heteroatoms. The maximum atomic E-state index is 16.1. The van der Waals surface area contributed by atoms with Gasteiger partial charge in [-0.05, 0) is 44.5 Å². The summed E-state index contributed by atoms with van der Waals surface area (Å²) in [7, 11) is -4.27. The van der Waals surface area contributed by atoms with Crippen molar-refractivity contribution in [3.05, 3.63) is 41.9 Å². The zero-order valence-electron chi connectivity index (χ0n) is 20.7. The minimum atomic E-state index is -4.27. The van der Waals surface area contributed by atoms with Gasteiger partial charge in [0.15, 0.2) is 11.5 Å². The van der Waals surface area contributed by atoms with Crippen molar-refractivity contribution < 1.29 is 37.4 Å². The van der Waals surface area contributed by atoms with Crippen LogP contribution in [0.1, 0.15) is 20.8 Å². The fourth-order valence-corrected chi connectivity index (χ4v) is 5.38. The van der Waals surface area contributed by atoms with E-state index in [4.69, 9.17) is 35.9 Å². The van der Waals surface area contributed by atoms with Gasteiger partial charge in [-0.15, -0.1) is 0 Å². The van der Waals surface area contributed by atoms with Crippen LogP contribution in [0.3, 0.4) is 0 Å². The summed E-state index contributed by atoms with van der Waals surface area (Å²) < 4.78 is 52.3. The van der Waals surface area contributed by atoms with Crippen molar-refractivity contribution in [2.75, 3.05) is 18.9 Å². The van der Waals surface area contributed by atoms with Crippen LogP contribution in [0.15, 0.2) is 36.7 Å². The average molecular weight is 573 g/mol. The van der Waals surface area contributed by atoms with Gasteiger partial charge in [0.1, 0.15) is 36.1 Å². The van der Waals surface area contributed by atoms with Crippen LogP contribution in [-0.2, 0) is 29.1 Å².